The Kier molecular flexibility index (Phi) is 5.42. The van der Waals surface area contributed by atoms with Gasteiger partial charge in [-0.05, 0) is 43.2 Å². The number of nitrogens with zero attached hydrogens (tertiary/aromatic N) is 5. The zero-order chi connectivity index (χ0) is 22.9. The minimum absolute atomic E-state index is 0.0352. The number of amides is 2. The second-order valence-corrected chi connectivity index (χ2v) is 8.32. The van der Waals surface area contributed by atoms with Gasteiger partial charge in [-0.1, -0.05) is 29.8 Å². The van der Waals surface area contributed by atoms with Gasteiger partial charge in [-0.3, -0.25) is 9.59 Å². The fraction of sp³-hybridized carbons (Fsp3) is 0.280. The molecular weight excluding hydrogens is 418 g/mol. The zero-order valence-corrected chi connectivity index (χ0v) is 18.7. The molecule has 0 bridgehead atoms. The first kappa shape index (κ1) is 20.9. The van der Waals surface area contributed by atoms with Crippen molar-refractivity contribution in [1.82, 2.24) is 24.6 Å². The second kappa shape index (κ2) is 8.54. The lowest BCUT2D eigenvalue weighted by Crippen LogP contribution is -2.51. The monoisotopic (exact) mass is 443 g/mol. The second-order valence-electron chi connectivity index (χ2n) is 8.32. The molecule has 0 saturated carbocycles. The van der Waals surface area contributed by atoms with E-state index in [1.165, 1.54) is 11.8 Å². The Bertz CT molecular complexity index is 1300. The molecule has 3 aromatic heterocycles. The Balaban J connectivity index is 1.32. The van der Waals surface area contributed by atoms with Crippen molar-refractivity contribution >= 4 is 22.8 Å². The normalized spacial score (nSPS) is 14.1. The van der Waals surface area contributed by atoms with Gasteiger partial charge in [0.1, 0.15) is 6.54 Å². The summed E-state index contributed by atoms with van der Waals surface area (Å²) >= 11 is 0. The molecule has 168 valence electrons. The minimum atomic E-state index is -0.145. The number of piperazine rings is 1. The average molecular weight is 444 g/mol. The van der Waals surface area contributed by atoms with Crippen molar-refractivity contribution in [2.45, 2.75) is 20.4 Å². The largest absolute Gasteiger partial charge is 0.459 e. The molecule has 0 spiro atoms. The van der Waals surface area contributed by atoms with Gasteiger partial charge in [0.25, 0.3) is 5.91 Å². The lowest BCUT2D eigenvalue weighted by molar-refractivity contribution is -0.133. The van der Waals surface area contributed by atoms with E-state index in [9.17, 15) is 9.59 Å². The molecule has 8 nitrogen and oxygen atoms in total. The smallest absolute Gasteiger partial charge is 0.289 e. The van der Waals surface area contributed by atoms with Crippen molar-refractivity contribution in [3.8, 4) is 11.1 Å². The molecule has 1 aliphatic rings. The quantitative estimate of drug-likeness (QED) is 0.483. The Morgan fingerprint density at radius 1 is 0.970 bits per heavy atom. The Morgan fingerprint density at radius 2 is 1.70 bits per heavy atom. The number of rotatable bonds is 4. The van der Waals surface area contributed by atoms with Crippen molar-refractivity contribution in [2.75, 3.05) is 26.2 Å². The van der Waals surface area contributed by atoms with Crippen LogP contribution in [0.15, 0.2) is 59.3 Å². The highest BCUT2D eigenvalue weighted by atomic mass is 16.3. The highest BCUT2D eigenvalue weighted by Crippen LogP contribution is 2.30. The molecule has 1 aromatic carbocycles. The van der Waals surface area contributed by atoms with E-state index in [2.05, 4.69) is 41.3 Å². The van der Waals surface area contributed by atoms with E-state index < -0.39 is 0 Å². The van der Waals surface area contributed by atoms with E-state index in [1.54, 1.807) is 32.8 Å². The maximum atomic E-state index is 13.0. The standard InChI is InChI=1S/C25H25N5O3/c1-17-5-7-19(8-6-17)20-9-10-26-24-23(20)18(2)27-30(24)16-22(31)28-11-13-29(14-12-28)25(32)21-4-3-15-33-21/h3-10,15H,11-14,16H2,1-2H3. The van der Waals surface area contributed by atoms with Crippen molar-refractivity contribution in [3.05, 3.63) is 71.9 Å². The van der Waals surface area contributed by atoms with Crippen LogP contribution in [-0.2, 0) is 11.3 Å². The maximum absolute atomic E-state index is 13.0. The highest BCUT2D eigenvalue weighted by Gasteiger charge is 2.27. The summed E-state index contributed by atoms with van der Waals surface area (Å²) in [4.78, 5) is 33.5. The lowest BCUT2D eigenvalue weighted by atomic mass is 10.0. The van der Waals surface area contributed by atoms with Crippen LogP contribution < -0.4 is 0 Å². The number of furan rings is 1. The summed E-state index contributed by atoms with van der Waals surface area (Å²) in [5.74, 6) is 0.143. The van der Waals surface area contributed by atoms with Gasteiger partial charge >= 0.3 is 0 Å². The zero-order valence-electron chi connectivity index (χ0n) is 18.7. The third-order valence-corrected chi connectivity index (χ3v) is 6.11. The first-order valence-electron chi connectivity index (χ1n) is 11.0. The summed E-state index contributed by atoms with van der Waals surface area (Å²) < 4.78 is 6.89. The molecule has 4 heterocycles. The van der Waals surface area contributed by atoms with Crippen LogP contribution in [0.2, 0.25) is 0 Å². The first-order chi connectivity index (χ1) is 16.0. The molecule has 2 amide bonds. The Hall–Kier alpha value is -3.94. The minimum Gasteiger partial charge on any atom is -0.459 e. The number of hydrogen-bond donors (Lipinski definition) is 0. The topological polar surface area (TPSA) is 84.5 Å². The Labute approximate surface area is 191 Å². The summed E-state index contributed by atoms with van der Waals surface area (Å²) in [6, 6.07) is 13.7. The van der Waals surface area contributed by atoms with Crippen LogP contribution in [0, 0.1) is 13.8 Å². The van der Waals surface area contributed by atoms with Crippen molar-refractivity contribution in [3.63, 3.8) is 0 Å². The van der Waals surface area contributed by atoms with E-state index in [-0.39, 0.29) is 18.4 Å². The van der Waals surface area contributed by atoms with Gasteiger partial charge < -0.3 is 14.2 Å². The van der Waals surface area contributed by atoms with E-state index >= 15 is 0 Å². The lowest BCUT2D eigenvalue weighted by Gasteiger charge is -2.34. The highest BCUT2D eigenvalue weighted by molar-refractivity contribution is 5.95. The van der Waals surface area contributed by atoms with Crippen LogP contribution in [0.4, 0.5) is 0 Å². The van der Waals surface area contributed by atoms with Crippen LogP contribution in [0.1, 0.15) is 21.8 Å². The first-order valence-corrected chi connectivity index (χ1v) is 11.0. The molecule has 8 heteroatoms. The number of hydrogen-bond acceptors (Lipinski definition) is 5. The molecule has 33 heavy (non-hydrogen) atoms. The van der Waals surface area contributed by atoms with E-state index in [0.717, 1.165) is 22.2 Å². The van der Waals surface area contributed by atoms with E-state index in [4.69, 9.17) is 4.42 Å². The van der Waals surface area contributed by atoms with Crippen LogP contribution in [-0.4, -0.2) is 62.6 Å². The van der Waals surface area contributed by atoms with Gasteiger partial charge in [0.15, 0.2) is 11.4 Å². The van der Waals surface area contributed by atoms with Gasteiger partial charge in [0.2, 0.25) is 5.91 Å². The van der Waals surface area contributed by atoms with Crippen LogP contribution in [0.25, 0.3) is 22.2 Å². The third-order valence-electron chi connectivity index (χ3n) is 6.11. The number of aryl methyl sites for hydroxylation is 2. The summed E-state index contributed by atoms with van der Waals surface area (Å²) in [7, 11) is 0. The summed E-state index contributed by atoms with van der Waals surface area (Å²) in [5.41, 5.74) is 4.90. The summed E-state index contributed by atoms with van der Waals surface area (Å²) in [6.45, 7) is 6.02. The predicted octanol–water partition coefficient (Wildman–Crippen LogP) is 3.29. The summed E-state index contributed by atoms with van der Waals surface area (Å²) in [5, 5.41) is 5.60. The van der Waals surface area contributed by atoms with Crippen molar-refractivity contribution in [2.24, 2.45) is 0 Å². The molecular formula is C25H25N5O3. The molecule has 1 saturated heterocycles. The Morgan fingerprint density at radius 3 is 2.39 bits per heavy atom. The summed E-state index contributed by atoms with van der Waals surface area (Å²) in [6.07, 6.45) is 3.25. The number of aromatic nitrogens is 3. The van der Waals surface area contributed by atoms with E-state index in [0.29, 0.717) is 37.6 Å². The van der Waals surface area contributed by atoms with Gasteiger partial charge in [-0.15, -0.1) is 0 Å². The fourth-order valence-electron chi connectivity index (χ4n) is 4.31. The van der Waals surface area contributed by atoms with Crippen LogP contribution in [0.3, 0.4) is 0 Å². The van der Waals surface area contributed by atoms with Crippen molar-refractivity contribution < 1.29 is 14.0 Å². The SMILES string of the molecule is Cc1ccc(-c2ccnc3c2c(C)nn3CC(=O)N2CCN(C(=O)c3ccco3)CC2)cc1. The van der Waals surface area contributed by atoms with Gasteiger partial charge in [-0.2, -0.15) is 5.10 Å². The number of carbonyl (C=O) groups is 2. The van der Waals surface area contributed by atoms with E-state index in [1.807, 2.05) is 13.0 Å². The predicted molar refractivity (Wildman–Crippen MR) is 124 cm³/mol. The average Bonchev–Trinajstić information content (AvgIpc) is 3.48. The third kappa shape index (κ3) is 4.00. The number of benzene rings is 1. The molecule has 0 atom stereocenters. The van der Waals surface area contributed by atoms with Crippen LogP contribution >= 0.6 is 0 Å². The van der Waals surface area contributed by atoms with Gasteiger partial charge in [0.05, 0.1) is 12.0 Å². The molecule has 0 unspecified atom stereocenters. The number of fused-ring (bicyclic) bond motifs is 1. The van der Waals surface area contributed by atoms with Crippen molar-refractivity contribution in [1.29, 1.82) is 0 Å². The van der Waals surface area contributed by atoms with Gasteiger partial charge in [0, 0.05) is 37.8 Å². The molecule has 0 aliphatic carbocycles. The van der Waals surface area contributed by atoms with Crippen LogP contribution in [0.5, 0.6) is 0 Å². The number of carbonyl (C=O) groups excluding carboxylic acids is 2. The molecule has 4 aromatic rings. The molecule has 1 aliphatic heterocycles. The number of pyridine rings is 1. The molecule has 0 N–H and O–H groups in total. The maximum Gasteiger partial charge on any atom is 0.289 e. The van der Waals surface area contributed by atoms with Gasteiger partial charge in [-0.25, -0.2) is 9.67 Å². The fourth-order valence-corrected chi connectivity index (χ4v) is 4.31. The molecule has 0 radical (unpaired) electrons. The molecule has 1 fully saturated rings. The molecule has 5 rings (SSSR count).